The Labute approximate surface area is 162 Å². The van der Waals surface area contributed by atoms with Crippen molar-refractivity contribution in [3.63, 3.8) is 0 Å². The highest BCUT2D eigenvalue weighted by Gasteiger charge is 2.44. The van der Waals surface area contributed by atoms with Crippen molar-refractivity contribution in [1.82, 2.24) is 10.2 Å². The first-order valence-corrected chi connectivity index (χ1v) is 9.29. The minimum atomic E-state index is -0.498. The average molecular weight is 380 g/mol. The summed E-state index contributed by atoms with van der Waals surface area (Å²) < 4.78 is 0. The van der Waals surface area contributed by atoms with Crippen LogP contribution < -0.4 is 11.1 Å². The SMILES string of the molecule is Cc1ccccc1C(=O)NC(C(=O)N1CC2CCC(N)C2C1)C(C)C.Cl. The number of carbonyl (C=O) groups excluding carboxylic acids is 2. The standard InChI is InChI=1S/C20H29N3O2.ClH/c1-12(2)18(22-19(24)15-7-5-4-6-13(15)3)20(25)23-10-14-8-9-17(21)16(14)11-23;/h4-7,12,14,16-18H,8-11,21H2,1-3H3,(H,22,24);1H. The molecule has 3 rings (SSSR count). The summed E-state index contributed by atoms with van der Waals surface area (Å²) in [4.78, 5) is 27.6. The highest BCUT2D eigenvalue weighted by Crippen LogP contribution is 2.37. The Morgan fingerprint density at radius 3 is 2.50 bits per heavy atom. The number of aryl methyl sites for hydroxylation is 1. The van der Waals surface area contributed by atoms with E-state index in [0.717, 1.165) is 31.5 Å². The van der Waals surface area contributed by atoms with Gasteiger partial charge in [-0.25, -0.2) is 0 Å². The third kappa shape index (κ3) is 4.04. The van der Waals surface area contributed by atoms with E-state index in [2.05, 4.69) is 5.32 Å². The molecule has 3 N–H and O–H groups in total. The van der Waals surface area contributed by atoms with Gasteiger partial charge in [0.2, 0.25) is 5.91 Å². The number of halogens is 1. The molecule has 26 heavy (non-hydrogen) atoms. The number of likely N-dealkylation sites (tertiary alicyclic amines) is 1. The molecule has 2 amide bonds. The van der Waals surface area contributed by atoms with Crippen LogP contribution in [-0.4, -0.2) is 41.9 Å². The minimum Gasteiger partial charge on any atom is -0.340 e. The van der Waals surface area contributed by atoms with Crippen molar-refractivity contribution in [2.24, 2.45) is 23.5 Å². The lowest BCUT2D eigenvalue weighted by molar-refractivity contribution is -0.133. The first kappa shape index (κ1) is 20.7. The van der Waals surface area contributed by atoms with Crippen LogP contribution in [0, 0.1) is 24.7 Å². The van der Waals surface area contributed by atoms with Gasteiger partial charge in [-0.2, -0.15) is 0 Å². The molecular weight excluding hydrogens is 350 g/mol. The molecule has 1 aliphatic heterocycles. The molecule has 144 valence electrons. The van der Waals surface area contributed by atoms with Crippen molar-refractivity contribution < 1.29 is 9.59 Å². The maximum Gasteiger partial charge on any atom is 0.252 e. The fourth-order valence-corrected chi connectivity index (χ4v) is 4.24. The van der Waals surface area contributed by atoms with Gasteiger partial charge in [-0.15, -0.1) is 12.4 Å². The van der Waals surface area contributed by atoms with E-state index in [1.165, 1.54) is 0 Å². The summed E-state index contributed by atoms with van der Waals surface area (Å²) in [5.41, 5.74) is 7.72. The van der Waals surface area contributed by atoms with Crippen LogP contribution in [0.1, 0.15) is 42.6 Å². The second kappa shape index (κ2) is 8.40. The number of benzene rings is 1. The summed E-state index contributed by atoms with van der Waals surface area (Å²) >= 11 is 0. The van der Waals surface area contributed by atoms with Gasteiger partial charge in [0, 0.05) is 24.7 Å². The molecule has 1 saturated carbocycles. The Hall–Kier alpha value is -1.59. The summed E-state index contributed by atoms with van der Waals surface area (Å²) in [6.45, 7) is 7.37. The molecule has 0 aromatic heterocycles. The van der Waals surface area contributed by atoms with Crippen LogP contribution >= 0.6 is 12.4 Å². The smallest absolute Gasteiger partial charge is 0.252 e. The molecule has 1 heterocycles. The predicted octanol–water partition coefficient (Wildman–Crippen LogP) is 2.37. The molecule has 5 nitrogen and oxygen atoms in total. The number of nitrogens with zero attached hydrogens (tertiary/aromatic N) is 1. The van der Waals surface area contributed by atoms with Crippen LogP contribution in [0.2, 0.25) is 0 Å². The van der Waals surface area contributed by atoms with Gasteiger partial charge in [-0.3, -0.25) is 9.59 Å². The van der Waals surface area contributed by atoms with E-state index in [1.807, 2.05) is 43.9 Å². The fraction of sp³-hybridized carbons (Fsp3) is 0.600. The summed E-state index contributed by atoms with van der Waals surface area (Å²) in [5.74, 6) is 0.831. The number of nitrogens with one attached hydrogen (secondary N) is 1. The number of hydrogen-bond donors (Lipinski definition) is 2. The average Bonchev–Trinajstić information content (AvgIpc) is 3.14. The third-order valence-electron chi connectivity index (χ3n) is 5.83. The second-order valence-electron chi connectivity index (χ2n) is 7.92. The van der Waals surface area contributed by atoms with Crippen molar-refractivity contribution in [3.8, 4) is 0 Å². The Kier molecular flexibility index (Phi) is 6.69. The second-order valence-corrected chi connectivity index (χ2v) is 7.92. The lowest BCUT2D eigenvalue weighted by Crippen LogP contribution is -2.51. The lowest BCUT2D eigenvalue weighted by Gasteiger charge is -2.28. The van der Waals surface area contributed by atoms with E-state index in [9.17, 15) is 9.59 Å². The maximum atomic E-state index is 13.0. The highest BCUT2D eigenvalue weighted by molar-refractivity contribution is 5.98. The molecule has 0 spiro atoms. The van der Waals surface area contributed by atoms with Gasteiger partial charge < -0.3 is 16.0 Å². The largest absolute Gasteiger partial charge is 0.340 e. The molecule has 0 bridgehead atoms. The van der Waals surface area contributed by atoms with Crippen molar-refractivity contribution in [2.45, 2.75) is 45.7 Å². The van der Waals surface area contributed by atoms with Gasteiger partial charge in [0.15, 0.2) is 0 Å². The molecule has 6 heteroatoms. The monoisotopic (exact) mass is 379 g/mol. The van der Waals surface area contributed by atoms with Crippen LogP contribution in [0.25, 0.3) is 0 Å². The number of carbonyl (C=O) groups is 2. The molecule has 1 aromatic carbocycles. The van der Waals surface area contributed by atoms with Crippen LogP contribution in [0.4, 0.5) is 0 Å². The maximum absolute atomic E-state index is 13.0. The molecule has 4 unspecified atom stereocenters. The van der Waals surface area contributed by atoms with Crippen molar-refractivity contribution in [1.29, 1.82) is 0 Å². The number of nitrogens with two attached hydrogens (primary N) is 1. The summed E-state index contributed by atoms with van der Waals surface area (Å²) in [6.07, 6.45) is 2.17. The zero-order valence-corrected chi connectivity index (χ0v) is 16.6. The zero-order chi connectivity index (χ0) is 18.1. The van der Waals surface area contributed by atoms with E-state index in [0.29, 0.717) is 17.4 Å². The quantitative estimate of drug-likeness (QED) is 0.843. The van der Waals surface area contributed by atoms with Crippen LogP contribution in [0.3, 0.4) is 0 Å². The van der Waals surface area contributed by atoms with Gasteiger partial charge in [0.05, 0.1) is 0 Å². The minimum absolute atomic E-state index is 0. The van der Waals surface area contributed by atoms with E-state index in [4.69, 9.17) is 5.73 Å². The zero-order valence-electron chi connectivity index (χ0n) is 15.8. The van der Waals surface area contributed by atoms with Crippen LogP contribution in [-0.2, 0) is 4.79 Å². The number of hydrogen-bond acceptors (Lipinski definition) is 3. The molecule has 2 fully saturated rings. The number of rotatable bonds is 4. The molecule has 1 aromatic rings. The Morgan fingerprint density at radius 2 is 1.88 bits per heavy atom. The first-order valence-electron chi connectivity index (χ1n) is 9.29. The molecule has 4 atom stereocenters. The third-order valence-corrected chi connectivity index (χ3v) is 5.83. The molecule has 1 aliphatic carbocycles. The highest BCUT2D eigenvalue weighted by atomic mass is 35.5. The first-order chi connectivity index (χ1) is 11.9. The fourth-order valence-electron chi connectivity index (χ4n) is 4.24. The van der Waals surface area contributed by atoms with E-state index >= 15 is 0 Å². The van der Waals surface area contributed by atoms with E-state index < -0.39 is 6.04 Å². The van der Waals surface area contributed by atoms with Gasteiger partial charge in [-0.05, 0) is 49.1 Å². The Bertz CT molecular complexity index is 664. The Morgan fingerprint density at radius 1 is 1.19 bits per heavy atom. The van der Waals surface area contributed by atoms with Gasteiger partial charge in [0.25, 0.3) is 5.91 Å². The summed E-state index contributed by atoms with van der Waals surface area (Å²) in [6, 6.07) is 7.17. The lowest BCUT2D eigenvalue weighted by atomic mass is 9.98. The van der Waals surface area contributed by atoms with Crippen LogP contribution in [0.5, 0.6) is 0 Å². The normalized spacial score (nSPS) is 25.6. The molecule has 0 radical (unpaired) electrons. The summed E-state index contributed by atoms with van der Waals surface area (Å²) in [7, 11) is 0. The van der Waals surface area contributed by atoms with Crippen molar-refractivity contribution >= 4 is 24.2 Å². The summed E-state index contributed by atoms with van der Waals surface area (Å²) in [5, 5.41) is 2.97. The molecular formula is C20H30ClN3O2. The van der Waals surface area contributed by atoms with Crippen molar-refractivity contribution in [2.75, 3.05) is 13.1 Å². The predicted molar refractivity (Wildman–Crippen MR) is 105 cm³/mol. The van der Waals surface area contributed by atoms with Crippen molar-refractivity contribution in [3.05, 3.63) is 35.4 Å². The number of fused-ring (bicyclic) bond motifs is 1. The van der Waals surface area contributed by atoms with Crippen LogP contribution in [0.15, 0.2) is 24.3 Å². The van der Waals surface area contributed by atoms with Gasteiger partial charge >= 0.3 is 0 Å². The van der Waals surface area contributed by atoms with E-state index in [1.54, 1.807) is 6.07 Å². The van der Waals surface area contributed by atoms with E-state index in [-0.39, 0.29) is 36.2 Å². The molecule has 1 saturated heterocycles. The van der Waals surface area contributed by atoms with Gasteiger partial charge in [-0.1, -0.05) is 32.0 Å². The Balaban J connectivity index is 0.00000243. The number of amides is 2. The van der Waals surface area contributed by atoms with Gasteiger partial charge in [0.1, 0.15) is 6.04 Å². The molecule has 2 aliphatic rings. The topological polar surface area (TPSA) is 75.4 Å².